The van der Waals surface area contributed by atoms with Gasteiger partial charge in [0.2, 0.25) is 23.6 Å². The van der Waals surface area contributed by atoms with Gasteiger partial charge in [0, 0.05) is 40.0 Å². The van der Waals surface area contributed by atoms with E-state index in [1.54, 1.807) is 0 Å². The molecule has 0 aromatic carbocycles. The Bertz CT molecular complexity index is 3200. The lowest BCUT2D eigenvalue weighted by Crippen LogP contribution is -2.72. The molecule has 11 aliphatic rings. The minimum Gasteiger partial charge on any atom is -0.394 e. The van der Waals surface area contributed by atoms with Crippen LogP contribution in [0, 0.1) is 17.8 Å². The summed E-state index contributed by atoms with van der Waals surface area (Å²) in [6.07, 6.45) is -73.6. The molecule has 0 bridgehead atoms. The van der Waals surface area contributed by atoms with Crippen LogP contribution in [-0.2, 0) is 99.7 Å². The molecule has 115 heavy (non-hydrogen) atoms. The van der Waals surface area contributed by atoms with Crippen molar-refractivity contribution < 1.29 is 222 Å². The van der Waals surface area contributed by atoms with Crippen LogP contribution >= 0.6 is 0 Å². The van der Waals surface area contributed by atoms with Gasteiger partial charge in [0.25, 0.3) is 0 Å². The zero-order valence-corrected chi connectivity index (χ0v) is 62.4. The van der Waals surface area contributed by atoms with E-state index in [0.29, 0.717) is 0 Å². The van der Waals surface area contributed by atoms with Crippen LogP contribution in [0.5, 0.6) is 0 Å². The second-order valence-corrected chi connectivity index (χ2v) is 30.7. The number of carbonyl (C=O) groups is 4. The number of carbonyl (C=O) groups excluding carboxylic acids is 4. The molecular formula is C66H108N4O45. The monoisotopic (exact) mass is 1680 g/mol. The summed E-state index contributed by atoms with van der Waals surface area (Å²) >= 11 is 0. The van der Waals surface area contributed by atoms with Crippen molar-refractivity contribution >= 4 is 23.6 Å². The molecule has 662 valence electrons. The van der Waals surface area contributed by atoms with Crippen molar-refractivity contribution in [1.82, 2.24) is 21.3 Å². The van der Waals surface area contributed by atoms with E-state index in [2.05, 4.69) is 21.3 Å². The number of hydrogen-bond donors (Lipinski definition) is 28. The Morgan fingerprint density at radius 1 is 0.339 bits per heavy atom. The van der Waals surface area contributed by atoms with Crippen LogP contribution in [0.15, 0.2) is 0 Å². The van der Waals surface area contributed by atoms with Crippen molar-refractivity contribution in [2.75, 3.05) is 52.9 Å². The van der Waals surface area contributed by atoms with Gasteiger partial charge in [-0.2, -0.15) is 0 Å². The molecule has 0 spiro atoms. The molecule has 0 radical (unpaired) electrons. The minimum absolute atomic E-state index is 0.409. The molecule has 45 atom stereocenters. The van der Waals surface area contributed by atoms with Crippen molar-refractivity contribution in [3.05, 3.63) is 0 Å². The van der Waals surface area contributed by atoms with Crippen molar-refractivity contribution in [2.24, 2.45) is 17.8 Å². The third-order valence-corrected chi connectivity index (χ3v) is 22.7. The molecule has 0 aromatic heterocycles. The van der Waals surface area contributed by atoms with E-state index in [4.69, 9.17) is 80.5 Å². The lowest BCUT2D eigenvalue weighted by Gasteiger charge is -2.56. The zero-order valence-electron chi connectivity index (χ0n) is 62.4. The fourth-order valence-electron chi connectivity index (χ4n) is 16.6. The number of amides is 4. The first-order valence-corrected chi connectivity index (χ1v) is 37.5. The van der Waals surface area contributed by atoms with Crippen molar-refractivity contribution in [1.29, 1.82) is 0 Å². The number of hydrogen-bond acceptors (Lipinski definition) is 45. The van der Waals surface area contributed by atoms with E-state index in [1.165, 1.54) is 6.92 Å². The summed E-state index contributed by atoms with van der Waals surface area (Å²) in [5.41, 5.74) is 0. The van der Waals surface area contributed by atoms with Crippen LogP contribution in [-0.4, -0.2) is 468 Å². The number of ether oxygens (including phenoxy) is 17. The highest BCUT2D eigenvalue weighted by atomic mass is 16.8. The maximum Gasteiger partial charge on any atom is 0.217 e. The molecular weight excluding hydrogens is 1570 g/mol. The maximum absolute atomic E-state index is 13.0. The zero-order chi connectivity index (χ0) is 84.2. The molecule has 9 heterocycles. The quantitative estimate of drug-likeness (QED) is 0.0309. The van der Waals surface area contributed by atoms with Crippen LogP contribution in [0.4, 0.5) is 0 Å². The number of aliphatic hydroxyl groups is 24. The average Bonchev–Trinajstić information content (AvgIpc) is 1.56. The third-order valence-electron chi connectivity index (χ3n) is 22.7. The van der Waals surface area contributed by atoms with Crippen molar-refractivity contribution in [3.8, 4) is 0 Å². The van der Waals surface area contributed by atoms with Crippen LogP contribution in [0.1, 0.15) is 47.5 Å². The Morgan fingerprint density at radius 2 is 0.713 bits per heavy atom. The van der Waals surface area contributed by atoms with Crippen LogP contribution in [0.25, 0.3) is 0 Å². The Kier molecular flexibility index (Phi) is 30.3. The smallest absolute Gasteiger partial charge is 0.217 e. The summed E-state index contributed by atoms with van der Waals surface area (Å²) < 4.78 is 102. The molecule has 28 N–H and O–H groups in total. The predicted octanol–water partition coefficient (Wildman–Crippen LogP) is -18.0. The summed E-state index contributed by atoms with van der Waals surface area (Å²) in [6.45, 7) is -2.24. The van der Waals surface area contributed by atoms with Gasteiger partial charge in [-0.15, -0.1) is 0 Å². The summed E-state index contributed by atoms with van der Waals surface area (Å²) in [6, 6.07) is -6.55. The normalized spacial score (nSPS) is 49.5. The van der Waals surface area contributed by atoms with Gasteiger partial charge in [-0.05, 0) is 13.3 Å². The molecule has 0 aromatic rings. The second-order valence-electron chi connectivity index (χ2n) is 30.7. The van der Waals surface area contributed by atoms with Crippen LogP contribution in [0.3, 0.4) is 0 Å². The van der Waals surface area contributed by atoms with Gasteiger partial charge in [-0.1, -0.05) is 0 Å². The molecule has 4 amide bonds. The first kappa shape index (κ1) is 92.0. The van der Waals surface area contributed by atoms with Gasteiger partial charge >= 0.3 is 0 Å². The fraction of sp³-hybridized carbons (Fsp3) is 0.939. The SMILES string of the molecule is CC(=O)NC1C(O)[C@H](O[C@@H]2OC3CC(O)(O)[C@@H]3[C@H](O)C2O)[C@H](CO)O[C@H]1OCCC1[C@@H](OCC2O[C@@H](O[C@@H]3C(CO)O[C@@H](O[C@@H]4C(CO)O[C@@H](C)C(NC(C)=O)[C@H]4O)C(NC(C)=O)[C@H]3O)C(O)[C@@H](O[C@H]3OC(CO)[C@@H](O)C(O)C3O[C@@H]3OC(CO)[C@@H](O[C@@H]4OC5[C@@H]([C@H](O)C4O)C5(O)O)[C@H](O)C3NC(C)=O)[C@@H]2O)OC(CO)[C@@H](O)[C@@H]1O. The lowest BCUT2D eigenvalue weighted by atomic mass is 9.69. The molecule has 19 unspecified atom stereocenters. The van der Waals surface area contributed by atoms with E-state index in [9.17, 15) is 142 Å². The Morgan fingerprint density at radius 3 is 1.19 bits per heavy atom. The third kappa shape index (κ3) is 19.1. The van der Waals surface area contributed by atoms with Gasteiger partial charge in [0.15, 0.2) is 61.9 Å². The van der Waals surface area contributed by atoms with E-state index >= 15 is 0 Å². The number of rotatable bonds is 29. The Hall–Kier alpha value is -3.76. The molecule has 11 rings (SSSR count). The summed E-state index contributed by atoms with van der Waals surface area (Å²) in [7, 11) is 0. The van der Waals surface area contributed by atoms with E-state index in [-0.39, 0.29) is 0 Å². The molecule has 9 saturated heterocycles. The van der Waals surface area contributed by atoms with Gasteiger partial charge in [-0.25, -0.2) is 0 Å². The summed E-state index contributed by atoms with van der Waals surface area (Å²) in [4.78, 5) is 50.9. The Balaban J connectivity index is 0.871. The largest absolute Gasteiger partial charge is 0.394 e. The van der Waals surface area contributed by atoms with Gasteiger partial charge in [0.1, 0.15) is 171 Å². The maximum atomic E-state index is 13.0. The molecule has 11 fully saturated rings. The number of aliphatic hydroxyl groups excluding tert-OH is 20. The fourth-order valence-corrected chi connectivity index (χ4v) is 16.6. The first-order chi connectivity index (χ1) is 54.2. The highest BCUT2D eigenvalue weighted by Gasteiger charge is 2.74. The lowest BCUT2D eigenvalue weighted by molar-refractivity contribution is -0.407. The number of fused-ring (bicyclic) bond motifs is 2. The van der Waals surface area contributed by atoms with E-state index in [0.717, 1.165) is 27.7 Å². The molecule has 2 saturated carbocycles. The van der Waals surface area contributed by atoms with Gasteiger partial charge < -0.3 is 224 Å². The standard InChI is InChI=1S/C66H108N4O45/c1-16-32(67-17(2)77)42(87)50(25(11-73)101-16)109-59-34(69-19(4)79)44(89)53(28(14-76)106-59)112-63-49(94)54(113-64-55(46(91)38(83)24(10-72)104-64)114-60-35(70-20(5)80)45(90)52(27(13-75)107-60)111-62-48(93)41(86)31-56(115-62)66(31,97)98)39(84)29(108-63)15-100-57-21(36(81)37(82)23(9-71)103-57)6-7-99-58-33(68-18(3)78)43(88)51(26(12-74)105-58)110-61-47(92)40(85)30-22(102-61)8-65(30,95)96/h16,21-64,71-76,81-98H,6-15H2,1-5H3,(H,67,77)(H,68,78)(H,69,79)(H,70,80)/t16-,21?,22?,23?,24?,25?,26-,27?,28?,29?,30-,31+,32?,33?,34?,35?,36+,37+,38+,39+,40-,41-,42+,43?,44+,45+,46?,47?,48?,49?,50+,51+,52+,53+,54-,55?,56?,57-,58+,59-,60-,61-,62+,63-,64+/m0/s1. The first-order valence-electron chi connectivity index (χ1n) is 37.5. The molecule has 49 heteroatoms. The van der Waals surface area contributed by atoms with Gasteiger partial charge in [-0.3, -0.25) is 19.2 Å². The highest BCUT2D eigenvalue weighted by Crippen LogP contribution is 2.52. The Labute approximate surface area is 652 Å². The van der Waals surface area contributed by atoms with Crippen LogP contribution in [0.2, 0.25) is 0 Å². The van der Waals surface area contributed by atoms with Crippen molar-refractivity contribution in [3.63, 3.8) is 0 Å². The van der Waals surface area contributed by atoms with Crippen molar-refractivity contribution in [2.45, 2.75) is 317 Å². The minimum atomic E-state index is -2.63. The average molecular weight is 1680 g/mol. The van der Waals surface area contributed by atoms with E-state index < -0.39 is 376 Å². The van der Waals surface area contributed by atoms with Crippen LogP contribution < -0.4 is 21.3 Å². The second kappa shape index (κ2) is 37.9. The molecule has 49 nitrogen and oxygen atoms in total. The molecule has 9 aliphatic heterocycles. The predicted molar refractivity (Wildman–Crippen MR) is 356 cm³/mol. The highest BCUT2D eigenvalue weighted by molar-refractivity contribution is 5.74. The van der Waals surface area contributed by atoms with E-state index in [1.807, 2.05) is 0 Å². The number of nitrogens with one attached hydrogen (secondary N) is 4. The topological polar surface area (TPSA) is 759 Å². The summed E-state index contributed by atoms with van der Waals surface area (Å²) in [5, 5.41) is 278. The molecule has 2 aliphatic carbocycles. The van der Waals surface area contributed by atoms with Gasteiger partial charge in [0.05, 0.1) is 101 Å². The summed E-state index contributed by atoms with van der Waals surface area (Å²) in [5.74, 6) is -12.5.